The normalized spacial score (nSPS) is 31.4. The Morgan fingerprint density at radius 2 is 2.12 bits per heavy atom. The van der Waals surface area contributed by atoms with Crippen molar-refractivity contribution in [1.29, 1.82) is 0 Å². The molecule has 3 fully saturated rings. The zero-order valence-corrected chi connectivity index (χ0v) is 19.2. The number of carbonyl (C=O) groups is 1. The first-order chi connectivity index (χ1) is 15.6. The highest BCUT2D eigenvalue weighted by atomic mass is 35.5. The molecule has 8 nitrogen and oxygen atoms in total. The molecule has 1 saturated carbocycles. The third kappa shape index (κ3) is 4.48. The Kier molecular flexibility index (Phi) is 6.33. The number of nitrogens with zero attached hydrogens (tertiary/aromatic N) is 4. The minimum absolute atomic E-state index is 0.0563. The second-order valence-corrected chi connectivity index (χ2v) is 9.93. The quantitative estimate of drug-likeness (QED) is 0.662. The van der Waals surface area contributed by atoms with Crippen LogP contribution in [0, 0.1) is 11.8 Å². The Balaban J connectivity index is 1.29. The van der Waals surface area contributed by atoms with Gasteiger partial charge >= 0.3 is 0 Å². The molecule has 172 valence electrons. The average Bonchev–Trinajstić information content (AvgIpc) is 3.30. The van der Waals surface area contributed by atoms with Crippen molar-refractivity contribution < 1.29 is 9.53 Å². The molecule has 32 heavy (non-hydrogen) atoms. The lowest BCUT2D eigenvalue weighted by atomic mass is 9.74. The maximum atomic E-state index is 12.8. The Morgan fingerprint density at radius 1 is 1.22 bits per heavy atom. The van der Waals surface area contributed by atoms with Crippen molar-refractivity contribution in [2.75, 3.05) is 11.9 Å². The van der Waals surface area contributed by atoms with Crippen molar-refractivity contribution in [2.24, 2.45) is 11.8 Å². The minimum Gasteiger partial charge on any atom is -0.356 e. The van der Waals surface area contributed by atoms with Gasteiger partial charge < -0.3 is 15.4 Å². The van der Waals surface area contributed by atoms with E-state index in [1.807, 2.05) is 23.7 Å². The molecule has 4 heterocycles. The molecule has 9 heteroatoms. The molecule has 3 aliphatic rings. The molecular formula is C23H31ClN6O2. The van der Waals surface area contributed by atoms with Crippen LogP contribution in [0.4, 0.5) is 5.95 Å². The van der Waals surface area contributed by atoms with Crippen LogP contribution in [-0.2, 0) is 9.53 Å². The van der Waals surface area contributed by atoms with Crippen molar-refractivity contribution >= 4 is 23.5 Å². The lowest BCUT2D eigenvalue weighted by molar-refractivity contribution is -0.130. The molecular weight excluding hydrogens is 428 g/mol. The topological polar surface area (TPSA) is 94.0 Å². The summed E-state index contributed by atoms with van der Waals surface area (Å²) in [5.41, 5.74) is 1.69. The highest BCUT2D eigenvalue weighted by molar-refractivity contribution is 6.20. The highest BCUT2D eigenvalue weighted by Crippen LogP contribution is 2.37. The van der Waals surface area contributed by atoms with E-state index in [9.17, 15) is 4.79 Å². The SMILES string of the molecule is C[C@H](Nc1nccc(-c2ccnn2C2CCCCO2)n1)C1CC2CC(Cl)CCC2NC1=O. The predicted molar refractivity (Wildman–Crippen MR) is 122 cm³/mol. The fraction of sp³-hybridized carbons (Fsp3) is 0.652. The number of nitrogens with one attached hydrogen (secondary N) is 2. The first-order valence-electron chi connectivity index (χ1n) is 11.8. The van der Waals surface area contributed by atoms with E-state index in [-0.39, 0.29) is 35.5 Å². The van der Waals surface area contributed by atoms with E-state index in [0.29, 0.717) is 11.9 Å². The summed E-state index contributed by atoms with van der Waals surface area (Å²) in [4.78, 5) is 21.9. The van der Waals surface area contributed by atoms with Crippen molar-refractivity contribution in [3.63, 3.8) is 0 Å². The summed E-state index contributed by atoms with van der Waals surface area (Å²) in [6, 6.07) is 4.01. The summed E-state index contributed by atoms with van der Waals surface area (Å²) in [6.45, 7) is 2.79. The number of hydrogen-bond donors (Lipinski definition) is 2. The maximum absolute atomic E-state index is 12.8. The van der Waals surface area contributed by atoms with Gasteiger partial charge in [-0.25, -0.2) is 14.6 Å². The summed E-state index contributed by atoms with van der Waals surface area (Å²) in [5, 5.41) is 11.3. The molecule has 5 unspecified atom stereocenters. The molecule has 2 aliphatic heterocycles. The number of halogens is 1. The summed E-state index contributed by atoms with van der Waals surface area (Å²) < 4.78 is 7.82. The van der Waals surface area contributed by atoms with Gasteiger partial charge in [0.05, 0.1) is 17.3 Å². The van der Waals surface area contributed by atoms with Crippen LogP contribution in [0.3, 0.4) is 0 Å². The smallest absolute Gasteiger partial charge is 0.225 e. The van der Waals surface area contributed by atoms with Gasteiger partial charge in [0.15, 0.2) is 6.23 Å². The van der Waals surface area contributed by atoms with Crippen molar-refractivity contribution in [2.45, 2.75) is 75.6 Å². The van der Waals surface area contributed by atoms with Gasteiger partial charge in [-0.2, -0.15) is 5.10 Å². The van der Waals surface area contributed by atoms with Crippen molar-refractivity contribution in [3.05, 3.63) is 24.5 Å². The van der Waals surface area contributed by atoms with E-state index in [1.165, 1.54) is 0 Å². The number of alkyl halides is 1. The molecule has 2 aromatic rings. The number of anilines is 1. The van der Waals surface area contributed by atoms with Gasteiger partial charge in [-0.3, -0.25) is 4.79 Å². The van der Waals surface area contributed by atoms with Crippen LogP contribution < -0.4 is 10.6 Å². The minimum atomic E-state index is -0.133. The molecule has 0 spiro atoms. The molecule has 1 aliphatic carbocycles. The van der Waals surface area contributed by atoms with E-state index in [2.05, 4.69) is 20.7 Å². The molecule has 0 radical (unpaired) electrons. The highest BCUT2D eigenvalue weighted by Gasteiger charge is 2.41. The second-order valence-electron chi connectivity index (χ2n) is 9.31. The van der Waals surface area contributed by atoms with Gasteiger partial charge in [0, 0.05) is 36.5 Å². The molecule has 6 atom stereocenters. The fourth-order valence-electron chi connectivity index (χ4n) is 5.35. The van der Waals surface area contributed by atoms with Gasteiger partial charge in [0.1, 0.15) is 0 Å². The number of carbonyl (C=O) groups excluding carboxylic acids is 1. The molecule has 1 amide bonds. The third-order valence-corrected chi connectivity index (χ3v) is 7.51. The molecule has 0 bridgehead atoms. The van der Waals surface area contributed by atoms with Crippen LogP contribution in [0.5, 0.6) is 0 Å². The van der Waals surface area contributed by atoms with Crippen LogP contribution in [-0.4, -0.2) is 49.7 Å². The van der Waals surface area contributed by atoms with E-state index in [4.69, 9.17) is 21.3 Å². The van der Waals surface area contributed by atoms with E-state index < -0.39 is 0 Å². The van der Waals surface area contributed by atoms with Crippen LogP contribution in [0.1, 0.15) is 58.1 Å². The van der Waals surface area contributed by atoms with Crippen LogP contribution in [0.25, 0.3) is 11.4 Å². The number of ether oxygens (including phenoxy) is 1. The van der Waals surface area contributed by atoms with E-state index >= 15 is 0 Å². The number of amides is 1. The molecule has 5 rings (SSSR count). The van der Waals surface area contributed by atoms with Gasteiger partial charge in [-0.1, -0.05) is 0 Å². The summed E-state index contributed by atoms with van der Waals surface area (Å²) in [6.07, 6.45) is 10.4. The first kappa shape index (κ1) is 21.6. The molecule has 2 N–H and O–H groups in total. The van der Waals surface area contributed by atoms with Crippen LogP contribution in [0.15, 0.2) is 24.5 Å². The summed E-state index contributed by atoms with van der Waals surface area (Å²) in [5.74, 6) is 0.936. The lowest BCUT2D eigenvalue weighted by Gasteiger charge is -2.42. The van der Waals surface area contributed by atoms with Crippen LogP contribution in [0.2, 0.25) is 0 Å². The zero-order valence-electron chi connectivity index (χ0n) is 18.4. The van der Waals surface area contributed by atoms with Gasteiger partial charge in [0.2, 0.25) is 11.9 Å². The fourth-order valence-corrected chi connectivity index (χ4v) is 5.70. The number of piperidine rings is 1. The van der Waals surface area contributed by atoms with E-state index in [0.717, 1.165) is 62.9 Å². The van der Waals surface area contributed by atoms with Gasteiger partial charge in [-0.15, -0.1) is 11.6 Å². The van der Waals surface area contributed by atoms with Crippen LogP contribution >= 0.6 is 11.6 Å². The Labute approximate surface area is 193 Å². The predicted octanol–water partition coefficient (Wildman–Crippen LogP) is 3.75. The molecule has 2 saturated heterocycles. The Morgan fingerprint density at radius 3 is 2.97 bits per heavy atom. The van der Waals surface area contributed by atoms with Gasteiger partial charge in [0.25, 0.3) is 0 Å². The summed E-state index contributed by atoms with van der Waals surface area (Å²) in [7, 11) is 0. The third-order valence-electron chi connectivity index (χ3n) is 7.12. The second kappa shape index (κ2) is 9.35. The zero-order chi connectivity index (χ0) is 22.1. The van der Waals surface area contributed by atoms with E-state index in [1.54, 1.807) is 12.4 Å². The Hall–Kier alpha value is -2.19. The average molecular weight is 459 g/mol. The first-order valence-corrected chi connectivity index (χ1v) is 12.2. The Bertz CT molecular complexity index is 946. The molecule has 2 aromatic heterocycles. The number of fused-ring (bicyclic) bond motifs is 1. The van der Waals surface area contributed by atoms with Gasteiger partial charge in [-0.05, 0) is 69.9 Å². The standard InChI is InChI=1S/C23H31ClN6O2/c1-14(17-13-15-12-16(24)5-6-18(15)28-22(17)31)27-23-25-9-7-19(29-23)20-8-10-26-30(20)21-4-2-3-11-32-21/h7-10,14-18,21H,2-6,11-13H2,1H3,(H,28,31)(H,25,27,29)/t14-,15?,16?,17?,18?,21?/m0/s1. The molecule has 0 aromatic carbocycles. The number of hydrogen-bond acceptors (Lipinski definition) is 6. The maximum Gasteiger partial charge on any atom is 0.225 e. The van der Waals surface area contributed by atoms with Crippen molar-refractivity contribution in [3.8, 4) is 11.4 Å². The monoisotopic (exact) mass is 458 g/mol. The lowest BCUT2D eigenvalue weighted by Crippen LogP contribution is -2.55. The van der Waals surface area contributed by atoms with Crippen molar-refractivity contribution in [1.82, 2.24) is 25.1 Å². The largest absolute Gasteiger partial charge is 0.356 e. The summed E-state index contributed by atoms with van der Waals surface area (Å²) >= 11 is 6.40. The number of rotatable bonds is 5. The number of aromatic nitrogens is 4.